The minimum Gasteiger partial charge on any atom is -0.134 e. The van der Waals surface area contributed by atoms with E-state index in [4.69, 9.17) is 0 Å². The molecule has 4 heteroatoms. The van der Waals surface area contributed by atoms with Crippen molar-refractivity contribution in [3.8, 4) is 0 Å². The fourth-order valence-electron chi connectivity index (χ4n) is 0. The largest absolute Gasteiger partial charge is 0.134 e. The van der Waals surface area contributed by atoms with E-state index in [0.717, 1.165) is 0 Å². The Hall–Kier alpha value is 1.35. The highest BCUT2D eigenvalue weighted by Crippen LogP contribution is 2.29. The molecule has 0 aromatic carbocycles. The van der Waals surface area contributed by atoms with Crippen molar-refractivity contribution in [1.29, 1.82) is 0 Å². The SMILES string of the molecule is S=[PH](S)S. The van der Waals surface area contributed by atoms with E-state index in [1.54, 1.807) is 0 Å². The Bertz CT molecular complexity index is 26.3. The van der Waals surface area contributed by atoms with Gasteiger partial charge in [-0.1, -0.05) is 11.8 Å². The van der Waals surface area contributed by atoms with Crippen molar-refractivity contribution >= 4 is 41.4 Å². The summed E-state index contributed by atoms with van der Waals surface area (Å²) in [6.07, 6.45) is 0. The van der Waals surface area contributed by atoms with Gasteiger partial charge in [-0.2, -0.15) is 0 Å². The molecule has 0 amide bonds. The topological polar surface area (TPSA) is 0 Å². The predicted molar refractivity (Wildman–Crippen MR) is 33.7 cm³/mol. The summed E-state index contributed by atoms with van der Waals surface area (Å²) in [6, 6.07) is 0. The van der Waals surface area contributed by atoms with Gasteiger partial charge in [-0.25, -0.2) is 0 Å². The minimum atomic E-state index is -0.907. The first-order valence-corrected chi connectivity index (χ1v) is 5.86. The van der Waals surface area contributed by atoms with E-state index in [1.165, 1.54) is 0 Å². The lowest BCUT2D eigenvalue weighted by Gasteiger charge is -1.62. The van der Waals surface area contributed by atoms with Gasteiger partial charge in [-0.3, -0.25) is 0 Å². The van der Waals surface area contributed by atoms with Crippen molar-refractivity contribution in [3.05, 3.63) is 0 Å². The molecular formula is H3PS3. The number of rotatable bonds is 0. The summed E-state index contributed by atoms with van der Waals surface area (Å²) in [7, 11) is 0. The molecular weight excluding hydrogens is 127 g/mol. The molecule has 0 aliphatic heterocycles. The second kappa shape index (κ2) is 2.58. The van der Waals surface area contributed by atoms with E-state index in [1.807, 2.05) is 0 Å². The fraction of sp³-hybridized carbons (Fsp3) is 0. The molecule has 0 aliphatic rings. The highest BCUT2D eigenvalue weighted by molar-refractivity contribution is 8.85. The molecule has 0 fully saturated rings. The van der Waals surface area contributed by atoms with Crippen LogP contribution < -0.4 is 0 Å². The van der Waals surface area contributed by atoms with Gasteiger partial charge >= 0.3 is 0 Å². The molecule has 0 atom stereocenters. The molecule has 26 valence electrons. The molecule has 0 rings (SSSR count). The number of hydrogen-bond donors (Lipinski definition) is 2. The lowest BCUT2D eigenvalue weighted by molar-refractivity contribution is 5.62. The van der Waals surface area contributed by atoms with E-state index in [2.05, 4.69) is 36.3 Å². The van der Waals surface area contributed by atoms with Gasteiger partial charge in [-0.15, -0.1) is 24.5 Å². The molecule has 0 aromatic heterocycles. The Kier molecular flexibility index (Phi) is 3.45. The molecule has 0 saturated carbocycles. The van der Waals surface area contributed by atoms with E-state index in [9.17, 15) is 0 Å². The van der Waals surface area contributed by atoms with Gasteiger partial charge in [0.2, 0.25) is 0 Å². The third-order valence-electron chi connectivity index (χ3n) is 0. The van der Waals surface area contributed by atoms with Crippen LogP contribution in [0.5, 0.6) is 0 Å². The van der Waals surface area contributed by atoms with Crippen LogP contribution in [0.25, 0.3) is 0 Å². The standard InChI is InChI=1S/H3PS3/c2-1(3)4/h1H,(H2,2,3,4). The third kappa shape index (κ3) is 10.2. The highest BCUT2D eigenvalue weighted by Gasteiger charge is 1.54. The van der Waals surface area contributed by atoms with E-state index in [0.29, 0.717) is 0 Å². The third-order valence-corrected chi connectivity index (χ3v) is 0. The Morgan fingerprint density at radius 1 is 1.50 bits per heavy atom. The van der Waals surface area contributed by atoms with Crippen LogP contribution in [0.15, 0.2) is 0 Å². The normalized spacial score (nSPS) is 8.75. The summed E-state index contributed by atoms with van der Waals surface area (Å²) in [5.41, 5.74) is 0. The average Bonchev–Trinajstić information content (AvgIpc) is 0.811. The predicted octanol–water partition coefficient (Wildman–Crippen LogP) is 1.35. The second-order valence-electron chi connectivity index (χ2n) is 0.283. The molecule has 4 heavy (non-hydrogen) atoms. The maximum absolute atomic E-state index is 4.45. The zero-order valence-electron chi connectivity index (χ0n) is 1.80. The van der Waals surface area contributed by atoms with E-state index >= 15 is 0 Å². The van der Waals surface area contributed by atoms with Crippen LogP contribution in [0.2, 0.25) is 0 Å². The van der Waals surface area contributed by atoms with Crippen molar-refractivity contribution < 1.29 is 0 Å². The number of thiol groups is 2. The lowest BCUT2D eigenvalue weighted by atomic mass is 29.8. The molecule has 0 aliphatic carbocycles. The molecule has 0 unspecified atom stereocenters. The van der Waals surface area contributed by atoms with E-state index in [-0.39, 0.29) is 0 Å². The first kappa shape index (κ1) is 5.35. The molecule has 0 aromatic rings. The maximum atomic E-state index is 4.45. The first-order chi connectivity index (χ1) is 1.73. The van der Waals surface area contributed by atoms with Gasteiger partial charge < -0.3 is 0 Å². The monoisotopic (exact) mass is 130 g/mol. The van der Waals surface area contributed by atoms with Crippen LogP contribution in [0, 0.1) is 0 Å². The van der Waals surface area contributed by atoms with Crippen molar-refractivity contribution in [2.45, 2.75) is 0 Å². The smallest absolute Gasteiger partial charge is 0.0393 e. The minimum absolute atomic E-state index is 0.907. The van der Waals surface area contributed by atoms with Crippen molar-refractivity contribution in [2.24, 2.45) is 0 Å². The molecule has 0 radical (unpaired) electrons. The fourth-order valence-corrected chi connectivity index (χ4v) is 0. The lowest BCUT2D eigenvalue weighted by Crippen LogP contribution is -0.935. The van der Waals surface area contributed by atoms with Crippen molar-refractivity contribution in [2.75, 3.05) is 0 Å². The summed E-state index contributed by atoms with van der Waals surface area (Å²) in [4.78, 5) is 0. The van der Waals surface area contributed by atoms with Crippen LogP contribution in [-0.4, -0.2) is 0 Å². The molecule has 0 nitrogen and oxygen atoms in total. The maximum Gasteiger partial charge on any atom is 0.0393 e. The van der Waals surface area contributed by atoms with Gasteiger partial charge in [0.25, 0.3) is 0 Å². The van der Waals surface area contributed by atoms with Gasteiger partial charge in [0.15, 0.2) is 0 Å². The van der Waals surface area contributed by atoms with Crippen LogP contribution in [0.1, 0.15) is 0 Å². The summed E-state index contributed by atoms with van der Waals surface area (Å²) < 4.78 is 0. The van der Waals surface area contributed by atoms with Crippen LogP contribution in [0.3, 0.4) is 0 Å². The Morgan fingerprint density at radius 3 is 1.50 bits per heavy atom. The molecule has 0 N–H and O–H groups in total. The summed E-state index contributed by atoms with van der Waals surface area (Å²) in [5, 5.41) is -0.907. The Balaban J connectivity index is 2.80. The Labute approximate surface area is 41.7 Å². The molecule has 0 spiro atoms. The summed E-state index contributed by atoms with van der Waals surface area (Å²) in [5.74, 6) is 0. The first-order valence-electron chi connectivity index (χ1n) is 0.651. The van der Waals surface area contributed by atoms with Gasteiger partial charge in [-0.05, 0) is 0 Å². The van der Waals surface area contributed by atoms with Gasteiger partial charge in [0.1, 0.15) is 0 Å². The summed E-state index contributed by atoms with van der Waals surface area (Å²) in [6.45, 7) is 0. The highest BCUT2D eigenvalue weighted by atomic mass is 33.2. The van der Waals surface area contributed by atoms with Crippen LogP contribution in [-0.2, 0) is 11.8 Å². The van der Waals surface area contributed by atoms with Gasteiger partial charge in [0.05, 0.1) is 0 Å². The van der Waals surface area contributed by atoms with Gasteiger partial charge in [0, 0.05) is 5.10 Å². The molecule has 0 heterocycles. The molecule has 0 saturated heterocycles. The quantitative estimate of drug-likeness (QED) is 0.369. The molecule has 0 bridgehead atoms. The number of hydrogen-bond acceptors (Lipinski definition) is 1. The van der Waals surface area contributed by atoms with E-state index < -0.39 is 5.10 Å². The summed E-state index contributed by atoms with van der Waals surface area (Å²) >= 11 is 11.9. The van der Waals surface area contributed by atoms with Crippen LogP contribution in [0.4, 0.5) is 0 Å². The van der Waals surface area contributed by atoms with Crippen molar-refractivity contribution in [3.63, 3.8) is 0 Å². The second-order valence-corrected chi connectivity index (χ2v) is 7.63. The van der Waals surface area contributed by atoms with Crippen molar-refractivity contribution in [1.82, 2.24) is 0 Å². The van der Waals surface area contributed by atoms with Crippen LogP contribution >= 0.6 is 29.6 Å². The average molecular weight is 130 g/mol. The zero-order valence-corrected chi connectivity index (χ0v) is 5.41. The Morgan fingerprint density at radius 2 is 1.50 bits per heavy atom. The zero-order chi connectivity index (χ0) is 3.58.